The first kappa shape index (κ1) is 30.0. The summed E-state index contributed by atoms with van der Waals surface area (Å²) in [6.07, 6.45) is -4.68. The molecule has 3 aromatic carbocycles. The molecule has 0 radical (unpaired) electrons. The van der Waals surface area contributed by atoms with Crippen molar-refractivity contribution < 1.29 is 42.9 Å². The van der Waals surface area contributed by atoms with Gasteiger partial charge in [0.25, 0.3) is 0 Å². The summed E-state index contributed by atoms with van der Waals surface area (Å²) in [4.78, 5) is 52.8. The zero-order chi connectivity index (χ0) is 29.2. The van der Waals surface area contributed by atoms with E-state index in [-0.39, 0.29) is 31.6 Å². The van der Waals surface area contributed by atoms with Crippen molar-refractivity contribution in [1.29, 1.82) is 0 Å². The Hall–Kier alpha value is -3.98. The third-order valence-corrected chi connectivity index (χ3v) is 9.01. The van der Waals surface area contributed by atoms with Gasteiger partial charge in [0.1, 0.15) is 0 Å². The molecular formula is C31H30O9Se. The molecule has 0 unspecified atom stereocenters. The first-order chi connectivity index (χ1) is 19.9. The summed E-state index contributed by atoms with van der Waals surface area (Å²) >= 11 is -0.311. The summed E-state index contributed by atoms with van der Waals surface area (Å²) in [5, 5.41) is -0.0851. The van der Waals surface area contributed by atoms with Gasteiger partial charge in [-0.1, -0.05) is 0 Å². The number of hydrogen-bond donors (Lipinski definition) is 0. The predicted molar refractivity (Wildman–Crippen MR) is 148 cm³/mol. The number of hydrogen-bond acceptors (Lipinski definition) is 9. The van der Waals surface area contributed by atoms with Crippen molar-refractivity contribution in [3.63, 3.8) is 0 Å². The van der Waals surface area contributed by atoms with Crippen molar-refractivity contribution in [2.45, 2.75) is 48.1 Å². The zero-order valence-electron chi connectivity index (χ0n) is 22.5. The second kappa shape index (κ2) is 14.6. The Labute approximate surface area is 244 Å². The molecule has 214 valence electrons. The summed E-state index contributed by atoms with van der Waals surface area (Å²) in [7, 11) is 1.18. The third kappa shape index (κ3) is 7.61. The van der Waals surface area contributed by atoms with E-state index in [1.54, 1.807) is 91.0 Å². The maximum atomic E-state index is 13.3. The molecule has 5 atom stereocenters. The number of ether oxygens (including phenoxy) is 5. The molecule has 0 N–H and O–H groups in total. The van der Waals surface area contributed by atoms with Crippen LogP contribution in [0.15, 0.2) is 91.0 Å². The van der Waals surface area contributed by atoms with Gasteiger partial charge in [-0.2, -0.15) is 0 Å². The van der Waals surface area contributed by atoms with Crippen molar-refractivity contribution in [3.8, 4) is 0 Å². The molecular weight excluding hydrogens is 595 g/mol. The van der Waals surface area contributed by atoms with Crippen LogP contribution in [0, 0.1) is 0 Å². The zero-order valence-corrected chi connectivity index (χ0v) is 24.3. The molecule has 1 fully saturated rings. The molecule has 0 bridgehead atoms. The maximum absolute atomic E-state index is 13.3. The topological polar surface area (TPSA) is 114 Å². The predicted octanol–water partition coefficient (Wildman–Crippen LogP) is 4.09. The van der Waals surface area contributed by atoms with Crippen molar-refractivity contribution in [3.05, 3.63) is 108 Å². The van der Waals surface area contributed by atoms with E-state index < -0.39 is 53.3 Å². The van der Waals surface area contributed by atoms with Crippen LogP contribution >= 0.6 is 0 Å². The average molecular weight is 626 g/mol. The Morgan fingerprint density at radius 3 is 1.49 bits per heavy atom. The van der Waals surface area contributed by atoms with Gasteiger partial charge >= 0.3 is 245 Å². The van der Waals surface area contributed by atoms with Gasteiger partial charge in [-0.05, 0) is 0 Å². The number of carbonyl (C=O) groups excluding carboxylic acids is 4. The fourth-order valence-corrected chi connectivity index (χ4v) is 6.41. The molecule has 0 spiro atoms. The minimum absolute atomic E-state index is 0.208. The van der Waals surface area contributed by atoms with E-state index in [4.69, 9.17) is 23.7 Å². The van der Waals surface area contributed by atoms with Gasteiger partial charge in [0.15, 0.2) is 0 Å². The van der Waals surface area contributed by atoms with Gasteiger partial charge in [0, 0.05) is 0 Å². The molecule has 0 aliphatic carbocycles. The van der Waals surface area contributed by atoms with Crippen LogP contribution in [0.25, 0.3) is 0 Å². The molecule has 10 heteroatoms. The van der Waals surface area contributed by atoms with E-state index in [2.05, 4.69) is 0 Å². The Kier molecular flexibility index (Phi) is 10.7. The van der Waals surface area contributed by atoms with Gasteiger partial charge < -0.3 is 0 Å². The summed E-state index contributed by atoms with van der Waals surface area (Å²) in [6.45, 7) is 1.99. The fourth-order valence-electron chi connectivity index (χ4n) is 4.17. The molecule has 0 amide bonds. The molecule has 1 aliphatic heterocycles. The monoisotopic (exact) mass is 626 g/mol. The van der Waals surface area contributed by atoms with Crippen LogP contribution in [0.2, 0.25) is 5.32 Å². The van der Waals surface area contributed by atoms with Crippen LogP contribution in [-0.4, -0.2) is 75.4 Å². The van der Waals surface area contributed by atoms with Crippen LogP contribution < -0.4 is 0 Å². The summed E-state index contributed by atoms with van der Waals surface area (Å²) in [5.74, 6) is -3.02. The van der Waals surface area contributed by atoms with Crippen LogP contribution in [-0.2, 0) is 28.5 Å². The summed E-state index contributed by atoms with van der Waals surface area (Å²) in [6, 6.07) is 24.7. The SMILES string of the molecule is CCC[Se][C@H]1O[C@H](C(=O)OC)[C@H](OC(=O)c2ccccc2)[C@H](OC(=O)c2ccccc2)[C@H]1OC(=O)c1ccccc1. The van der Waals surface area contributed by atoms with Gasteiger partial charge in [0.2, 0.25) is 0 Å². The Bertz CT molecular complexity index is 1320. The van der Waals surface area contributed by atoms with Crippen molar-refractivity contribution in [2.24, 2.45) is 0 Å². The van der Waals surface area contributed by atoms with E-state index in [0.29, 0.717) is 0 Å². The molecule has 0 aromatic heterocycles. The standard InChI is InChI=1S/C31H30O9Se/c1-3-19-41-31-26(39-29(34)22-17-11-6-12-18-22)24(38-28(33)21-15-9-5-10-16-21)23(25(40-31)30(35)36-2)37-27(32)20-13-7-4-8-14-20/h4-18,23-26,31H,3,19H2,1-2H3/t23-,24+,25+,26-,31-/m1/s1. The Morgan fingerprint density at radius 2 is 1.07 bits per heavy atom. The van der Waals surface area contributed by atoms with Crippen LogP contribution in [0.5, 0.6) is 0 Å². The average Bonchev–Trinajstić information content (AvgIpc) is 3.02. The van der Waals surface area contributed by atoms with E-state index >= 15 is 0 Å². The summed E-state index contributed by atoms with van der Waals surface area (Å²) < 4.78 is 28.8. The molecule has 1 aliphatic rings. The minimum atomic E-state index is -1.48. The molecule has 0 saturated carbocycles. The number of methoxy groups -OCH3 is 1. The number of benzene rings is 3. The van der Waals surface area contributed by atoms with Gasteiger partial charge in [-0.15, -0.1) is 0 Å². The fraction of sp³-hybridized carbons (Fsp3) is 0.290. The van der Waals surface area contributed by atoms with Crippen LogP contribution in [0.4, 0.5) is 0 Å². The summed E-state index contributed by atoms with van der Waals surface area (Å²) in [5.41, 5.74) is 0.709. The number of rotatable bonds is 10. The van der Waals surface area contributed by atoms with Crippen LogP contribution in [0.1, 0.15) is 44.4 Å². The van der Waals surface area contributed by atoms with Gasteiger partial charge in [-0.3, -0.25) is 0 Å². The molecule has 3 aromatic rings. The van der Waals surface area contributed by atoms with E-state index in [0.717, 1.165) is 11.7 Å². The Morgan fingerprint density at radius 1 is 0.659 bits per heavy atom. The van der Waals surface area contributed by atoms with E-state index in [9.17, 15) is 19.2 Å². The quantitative estimate of drug-likeness (QED) is 0.187. The second-order valence-corrected chi connectivity index (χ2v) is 11.6. The first-order valence-corrected chi connectivity index (χ1v) is 15.3. The van der Waals surface area contributed by atoms with Gasteiger partial charge in [0.05, 0.1) is 0 Å². The molecule has 41 heavy (non-hydrogen) atoms. The van der Waals surface area contributed by atoms with Crippen molar-refractivity contribution in [1.82, 2.24) is 0 Å². The van der Waals surface area contributed by atoms with Crippen LogP contribution in [0.3, 0.4) is 0 Å². The van der Waals surface area contributed by atoms with Crippen molar-refractivity contribution in [2.75, 3.05) is 7.11 Å². The number of esters is 4. The first-order valence-electron chi connectivity index (χ1n) is 13.1. The number of carbonyl (C=O) groups is 4. The Balaban J connectivity index is 1.76. The third-order valence-electron chi connectivity index (χ3n) is 6.17. The normalized spacial score (nSPS) is 21.8. The second-order valence-electron chi connectivity index (χ2n) is 9.03. The van der Waals surface area contributed by atoms with Crippen molar-refractivity contribution >= 4 is 38.8 Å². The van der Waals surface area contributed by atoms with E-state index in [1.807, 2.05) is 6.92 Å². The molecule has 9 nitrogen and oxygen atoms in total. The molecule has 4 rings (SSSR count). The molecule has 1 heterocycles. The molecule has 1 saturated heterocycles. The van der Waals surface area contributed by atoms with Gasteiger partial charge in [-0.25, -0.2) is 0 Å². The van der Waals surface area contributed by atoms with E-state index in [1.165, 1.54) is 7.11 Å².